The van der Waals surface area contributed by atoms with Gasteiger partial charge in [-0.15, -0.1) is 11.3 Å². The summed E-state index contributed by atoms with van der Waals surface area (Å²) in [7, 11) is 1.57. The van der Waals surface area contributed by atoms with Crippen molar-refractivity contribution in [1.82, 2.24) is 4.90 Å². The van der Waals surface area contributed by atoms with Crippen LogP contribution in [0.2, 0.25) is 0 Å². The predicted molar refractivity (Wildman–Crippen MR) is 99.6 cm³/mol. The molecule has 26 heavy (non-hydrogen) atoms. The molecule has 2 atom stereocenters. The Hall–Kier alpha value is -2.28. The molecule has 2 heterocycles. The van der Waals surface area contributed by atoms with Gasteiger partial charge in [-0.2, -0.15) is 0 Å². The molecule has 0 saturated carbocycles. The number of carbonyl (C=O) groups is 1. The molecule has 1 amide bonds. The summed E-state index contributed by atoms with van der Waals surface area (Å²) in [5.74, 6) is -3.62. The van der Waals surface area contributed by atoms with Gasteiger partial charge < -0.3 is 5.73 Å². The molecule has 0 bridgehead atoms. The molecule has 2 aromatic rings. The second-order valence-electron chi connectivity index (χ2n) is 6.89. The fraction of sp³-hybridized carbons (Fsp3) is 0.368. The van der Waals surface area contributed by atoms with E-state index in [1.165, 1.54) is 28.4 Å². The SMILES string of the molecule is Cc1ccsc1[C@@]1(C)N=C(N)N(C)C(=O)C1c1ccc(C(C)(F)F)cc1. The van der Waals surface area contributed by atoms with Crippen LogP contribution in [0.4, 0.5) is 8.78 Å². The van der Waals surface area contributed by atoms with Crippen molar-refractivity contribution in [1.29, 1.82) is 0 Å². The zero-order valence-electron chi connectivity index (χ0n) is 15.1. The van der Waals surface area contributed by atoms with Gasteiger partial charge in [0.05, 0.1) is 5.92 Å². The number of rotatable bonds is 3. The summed E-state index contributed by atoms with van der Waals surface area (Å²) in [6.07, 6.45) is 0. The van der Waals surface area contributed by atoms with Gasteiger partial charge in [-0.05, 0) is 36.4 Å². The van der Waals surface area contributed by atoms with Crippen molar-refractivity contribution in [2.75, 3.05) is 7.05 Å². The lowest BCUT2D eigenvalue weighted by atomic mass is 9.76. The number of halogens is 2. The average molecular weight is 377 g/mol. The van der Waals surface area contributed by atoms with Crippen LogP contribution in [0.3, 0.4) is 0 Å². The van der Waals surface area contributed by atoms with Crippen LogP contribution in [0.1, 0.15) is 41.3 Å². The van der Waals surface area contributed by atoms with Gasteiger partial charge in [-0.3, -0.25) is 9.69 Å². The topological polar surface area (TPSA) is 58.7 Å². The Balaban J connectivity index is 2.16. The Morgan fingerprint density at radius 3 is 2.38 bits per heavy atom. The van der Waals surface area contributed by atoms with Crippen molar-refractivity contribution in [2.24, 2.45) is 10.7 Å². The number of hydrogen-bond acceptors (Lipinski definition) is 4. The molecule has 1 aromatic carbocycles. The van der Waals surface area contributed by atoms with Crippen LogP contribution in [-0.2, 0) is 16.3 Å². The van der Waals surface area contributed by atoms with Gasteiger partial charge in [0.2, 0.25) is 5.91 Å². The van der Waals surface area contributed by atoms with Gasteiger partial charge in [0, 0.05) is 24.4 Å². The maximum absolute atomic E-state index is 13.5. The van der Waals surface area contributed by atoms with Crippen molar-refractivity contribution in [3.05, 3.63) is 57.3 Å². The molecule has 1 unspecified atom stereocenters. The number of benzene rings is 1. The third kappa shape index (κ3) is 2.90. The molecule has 1 aliphatic heterocycles. The Kier molecular flexibility index (Phi) is 4.38. The second-order valence-corrected chi connectivity index (χ2v) is 7.81. The maximum Gasteiger partial charge on any atom is 0.270 e. The van der Waals surface area contributed by atoms with Crippen LogP contribution in [-0.4, -0.2) is 23.8 Å². The van der Waals surface area contributed by atoms with E-state index in [-0.39, 0.29) is 17.4 Å². The number of nitrogens with two attached hydrogens (primary N) is 1. The highest BCUT2D eigenvalue weighted by molar-refractivity contribution is 7.10. The van der Waals surface area contributed by atoms with Crippen LogP contribution in [0.25, 0.3) is 0 Å². The molecule has 4 nitrogen and oxygen atoms in total. The first-order chi connectivity index (χ1) is 12.1. The Labute approximate surface area is 155 Å². The van der Waals surface area contributed by atoms with E-state index in [1.54, 1.807) is 19.2 Å². The highest BCUT2D eigenvalue weighted by atomic mass is 32.1. The zero-order chi connectivity index (χ0) is 19.3. The molecule has 0 fully saturated rings. The quantitative estimate of drug-likeness (QED) is 0.880. The van der Waals surface area contributed by atoms with E-state index in [0.29, 0.717) is 5.56 Å². The lowest BCUT2D eigenvalue weighted by molar-refractivity contribution is -0.130. The minimum Gasteiger partial charge on any atom is -0.369 e. The minimum atomic E-state index is -2.93. The van der Waals surface area contributed by atoms with Crippen LogP contribution >= 0.6 is 11.3 Å². The first-order valence-corrected chi connectivity index (χ1v) is 9.09. The van der Waals surface area contributed by atoms with Crippen LogP contribution in [0.15, 0.2) is 40.7 Å². The highest BCUT2D eigenvalue weighted by Crippen LogP contribution is 2.47. The largest absolute Gasteiger partial charge is 0.369 e. The average Bonchev–Trinajstić information content (AvgIpc) is 2.99. The highest BCUT2D eigenvalue weighted by Gasteiger charge is 2.48. The fourth-order valence-corrected chi connectivity index (χ4v) is 4.50. The summed E-state index contributed by atoms with van der Waals surface area (Å²) in [5, 5.41) is 1.95. The van der Waals surface area contributed by atoms with Gasteiger partial charge in [-0.1, -0.05) is 24.3 Å². The van der Waals surface area contributed by atoms with E-state index in [1.807, 2.05) is 25.3 Å². The standard InChI is InChI=1S/C19H21F2N3OS/c1-11-9-10-26-15(11)18(2)14(16(25)24(4)17(22)23-18)12-5-7-13(8-6-12)19(3,20)21/h5-10,14H,1-4H3,(H2,22,23)/t14?,18-/m0/s1. The minimum absolute atomic E-state index is 0.0881. The van der Waals surface area contributed by atoms with Crippen molar-refractivity contribution in [3.63, 3.8) is 0 Å². The summed E-state index contributed by atoms with van der Waals surface area (Å²) in [4.78, 5) is 20.0. The number of aryl methyl sites for hydroxylation is 1. The van der Waals surface area contributed by atoms with E-state index >= 15 is 0 Å². The molecular formula is C19H21F2N3OS. The molecule has 0 radical (unpaired) electrons. The van der Waals surface area contributed by atoms with E-state index in [4.69, 9.17) is 5.73 Å². The molecule has 7 heteroatoms. The van der Waals surface area contributed by atoms with Crippen LogP contribution < -0.4 is 5.73 Å². The Bertz CT molecular complexity index is 870. The van der Waals surface area contributed by atoms with E-state index in [9.17, 15) is 13.6 Å². The lowest BCUT2D eigenvalue weighted by Crippen LogP contribution is -2.52. The predicted octanol–water partition coefficient (Wildman–Crippen LogP) is 3.95. The third-order valence-corrected chi connectivity index (χ3v) is 6.15. The van der Waals surface area contributed by atoms with Crippen molar-refractivity contribution in [3.8, 4) is 0 Å². The molecular weight excluding hydrogens is 356 g/mol. The normalized spacial score (nSPS) is 23.9. The van der Waals surface area contributed by atoms with E-state index in [2.05, 4.69) is 4.99 Å². The van der Waals surface area contributed by atoms with Gasteiger partial charge in [0.15, 0.2) is 5.96 Å². The second kappa shape index (κ2) is 6.16. The van der Waals surface area contributed by atoms with Crippen LogP contribution in [0, 0.1) is 6.92 Å². The number of hydrogen-bond donors (Lipinski definition) is 1. The van der Waals surface area contributed by atoms with Crippen LogP contribution in [0.5, 0.6) is 0 Å². The smallest absolute Gasteiger partial charge is 0.270 e. The summed E-state index contributed by atoms with van der Waals surface area (Å²) in [5.41, 5.74) is 6.67. The summed E-state index contributed by atoms with van der Waals surface area (Å²) in [6.45, 7) is 4.69. The Morgan fingerprint density at radius 2 is 1.88 bits per heavy atom. The first-order valence-electron chi connectivity index (χ1n) is 8.21. The molecule has 0 saturated heterocycles. The molecule has 1 aliphatic rings. The molecule has 2 N–H and O–H groups in total. The number of likely N-dealkylation sites (N-methyl/N-ethyl adjacent to an activating group) is 1. The van der Waals surface area contributed by atoms with Crippen molar-refractivity contribution < 1.29 is 13.6 Å². The summed E-state index contributed by atoms with van der Waals surface area (Å²) in [6, 6.07) is 7.87. The number of thiophene rings is 1. The number of alkyl halides is 2. The molecule has 0 spiro atoms. The Morgan fingerprint density at radius 1 is 1.27 bits per heavy atom. The molecule has 138 valence electrons. The molecule has 0 aliphatic carbocycles. The number of carbonyl (C=O) groups excluding carboxylic acids is 1. The van der Waals surface area contributed by atoms with Crippen molar-refractivity contribution in [2.45, 2.75) is 38.2 Å². The number of amides is 1. The maximum atomic E-state index is 13.5. The lowest BCUT2D eigenvalue weighted by Gasteiger charge is -2.40. The van der Waals surface area contributed by atoms with Gasteiger partial charge in [-0.25, -0.2) is 13.8 Å². The number of nitrogens with zero attached hydrogens (tertiary/aromatic N) is 2. The van der Waals surface area contributed by atoms with Gasteiger partial charge >= 0.3 is 0 Å². The monoisotopic (exact) mass is 377 g/mol. The van der Waals surface area contributed by atoms with E-state index < -0.39 is 17.4 Å². The van der Waals surface area contributed by atoms with Crippen molar-refractivity contribution >= 4 is 23.2 Å². The van der Waals surface area contributed by atoms with E-state index in [0.717, 1.165) is 17.4 Å². The number of aliphatic imine (C=N–C) groups is 1. The number of guanidine groups is 1. The summed E-state index contributed by atoms with van der Waals surface area (Å²) < 4.78 is 27.1. The fourth-order valence-electron chi connectivity index (χ4n) is 3.43. The first kappa shape index (κ1) is 18.5. The summed E-state index contributed by atoms with van der Waals surface area (Å²) >= 11 is 1.51. The third-order valence-electron chi connectivity index (χ3n) is 4.90. The van der Waals surface area contributed by atoms with Gasteiger partial charge in [0.1, 0.15) is 5.54 Å². The molecule has 3 rings (SSSR count). The van der Waals surface area contributed by atoms with Gasteiger partial charge in [0.25, 0.3) is 5.92 Å². The molecule has 1 aromatic heterocycles. The zero-order valence-corrected chi connectivity index (χ0v) is 15.9.